The van der Waals surface area contributed by atoms with Crippen LogP contribution in [0, 0.1) is 16.7 Å². The van der Waals surface area contributed by atoms with E-state index in [1.165, 1.54) is 12.8 Å². The number of ether oxygens (including phenoxy) is 1. The van der Waals surface area contributed by atoms with Crippen LogP contribution >= 0.6 is 0 Å². The second-order valence-electron chi connectivity index (χ2n) is 7.35. The molecule has 2 aliphatic rings. The van der Waals surface area contributed by atoms with Gasteiger partial charge in [0.15, 0.2) is 0 Å². The van der Waals surface area contributed by atoms with Crippen molar-refractivity contribution in [3.8, 4) is 0 Å². The van der Waals surface area contributed by atoms with Gasteiger partial charge in [-0.1, -0.05) is 20.8 Å². The van der Waals surface area contributed by atoms with E-state index < -0.39 is 5.60 Å². The van der Waals surface area contributed by atoms with Crippen LogP contribution in [-0.2, 0) is 9.53 Å². The lowest BCUT2D eigenvalue weighted by Crippen LogP contribution is -2.53. The van der Waals surface area contributed by atoms with Crippen LogP contribution in [0.25, 0.3) is 0 Å². The molecule has 0 aromatic rings. The summed E-state index contributed by atoms with van der Waals surface area (Å²) in [6.45, 7) is 10.7. The molecule has 3 atom stereocenters. The van der Waals surface area contributed by atoms with Gasteiger partial charge in [-0.3, -0.25) is 4.79 Å². The number of nitrogens with one attached hydrogen (secondary N) is 1. The Hall–Kier alpha value is -0.570. The fourth-order valence-electron chi connectivity index (χ4n) is 3.85. The highest BCUT2D eigenvalue weighted by Gasteiger charge is 2.61. The topological polar surface area (TPSA) is 38.3 Å². The standard InChI is InChI=1S/C15H27NO2/c1-13(2)10-7-8-15(13,5)11(9-10)16-12(17)14(3,4)18-6/h10-11H,7-9H2,1-6H3,(H,16,17). The van der Waals surface area contributed by atoms with Crippen molar-refractivity contribution >= 4 is 5.91 Å². The molecular weight excluding hydrogens is 226 g/mol. The van der Waals surface area contributed by atoms with Crippen LogP contribution in [0.15, 0.2) is 0 Å². The first-order valence-corrected chi connectivity index (χ1v) is 7.01. The van der Waals surface area contributed by atoms with Gasteiger partial charge in [0.2, 0.25) is 0 Å². The molecule has 0 heterocycles. The molecule has 0 aromatic carbocycles. The molecule has 1 N–H and O–H groups in total. The maximum atomic E-state index is 12.2. The Labute approximate surface area is 111 Å². The van der Waals surface area contributed by atoms with Crippen LogP contribution < -0.4 is 5.32 Å². The Balaban J connectivity index is 2.12. The maximum Gasteiger partial charge on any atom is 0.251 e. The number of methoxy groups -OCH3 is 1. The second kappa shape index (κ2) is 3.96. The minimum absolute atomic E-state index is 0.0135. The highest BCUT2D eigenvalue weighted by atomic mass is 16.5. The van der Waals surface area contributed by atoms with E-state index in [9.17, 15) is 4.79 Å². The molecule has 2 saturated carbocycles. The predicted octanol–water partition coefficient (Wildman–Crippen LogP) is 2.74. The number of carbonyl (C=O) groups excluding carboxylic acids is 1. The summed E-state index contributed by atoms with van der Waals surface area (Å²) in [4.78, 5) is 12.2. The minimum Gasteiger partial charge on any atom is -0.369 e. The molecule has 0 aromatic heterocycles. The quantitative estimate of drug-likeness (QED) is 0.840. The summed E-state index contributed by atoms with van der Waals surface area (Å²) < 4.78 is 5.26. The van der Waals surface area contributed by atoms with Crippen molar-refractivity contribution in [1.29, 1.82) is 0 Å². The number of amides is 1. The Kier molecular flexibility index (Phi) is 3.05. The number of rotatable bonds is 3. The Morgan fingerprint density at radius 2 is 1.94 bits per heavy atom. The Bertz CT molecular complexity index is 362. The predicted molar refractivity (Wildman–Crippen MR) is 72.2 cm³/mol. The average Bonchev–Trinajstić information content (AvgIpc) is 2.62. The van der Waals surface area contributed by atoms with Gasteiger partial charge in [-0.2, -0.15) is 0 Å². The van der Waals surface area contributed by atoms with Crippen molar-refractivity contribution in [1.82, 2.24) is 5.32 Å². The Morgan fingerprint density at radius 1 is 1.33 bits per heavy atom. The van der Waals surface area contributed by atoms with E-state index in [-0.39, 0.29) is 11.3 Å². The van der Waals surface area contributed by atoms with Crippen molar-refractivity contribution in [2.45, 2.75) is 65.5 Å². The fraction of sp³-hybridized carbons (Fsp3) is 0.933. The summed E-state index contributed by atoms with van der Waals surface area (Å²) in [7, 11) is 1.59. The lowest BCUT2D eigenvalue weighted by Gasteiger charge is -2.40. The maximum absolute atomic E-state index is 12.2. The van der Waals surface area contributed by atoms with E-state index in [1.807, 2.05) is 13.8 Å². The molecule has 104 valence electrons. The van der Waals surface area contributed by atoms with Gasteiger partial charge in [-0.25, -0.2) is 0 Å². The average molecular weight is 253 g/mol. The van der Waals surface area contributed by atoms with E-state index >= 15 is 0 Å². The zero-order valence-electron chi connectivity index (χ0n) is 12.6. The third-order valence-electron chi connectivity index (χ3n) is 6.16. The summed E-state index contributed by atoms with van der Waals surface area (Å²) in [5.74, 6) is 0.762. The van der Waals surface area contributed by atoms with Crippen molar-refractivity contribution in [3.05, 3.63) is 0 Å². The van der Waals surface area contributed by atoms with Crippen LogP contribution in [0.1, 0.15) is 53.9 Å². The molecule has 3 unspecified atom stereocenters. The fourth-order valence-corrected chi connectivity index (χ4v) is 3.85. The first kappa shape index (κ1) is 13.9. The van der Waals surface area contributed by atoms with Crippen LogP contribution in [0.5, 0.6) is 0 Å². The molecule has 1 amide bonds. The monoisotopic (exact) mass is 253 g/mol. The van der Waals surface area contributed by atoms with E-state index in [2.05, 4.69) is 26.1 Å². The first-order valence-electron chi connectivity index (χ1n) is 7.01. The molecule has 2 fully saturated rings. The molecule has 3 nitrogen and oxygen atoms in total. The molecule has 2 rings (SSSR count). The van der Waals surface area contributed by atoms with Crippen molar-refractivity contribution in [2.24, 2.45) is 16.7 Å². The van der Waals surface area contributed by atoms with Crippen LogP contribution in [0.3, 0.4) is 0 Å². The number of fused-ring (bicyclic) bond motifs is 2. The summed E-state index contributed by atoms with van der Waals surface area (Å²) in [5, 5.41) is 3.23. The summed E-state index contributed by atoms with van der Waals surface area (Å²) >= 11 is 0. The van der Waals surface area contributed by atoms with Crippen molar-refractivity contribution < 1.29 is 9.53 Å². The molecule has 2 bridgehead atoms. The van der Waals surface area contributed by atoms with E-state index in [0.717, 1.165) is 12.3 Å². The van der Waals surface area contributed by atoms with Gasteiger partial charge in [0.25, 0.3) is 5.91 Å². The zero-order chi connectivity index (χ0) is 13.8. The number of carbonyl (C=O) groups is 1. The summed E-state index contributed by atoms with van der Waals surface area (Å²) in [6, 6.07) is 0.299. The molecule has 0 spiro atoms. The van der Waals surface area contributed by atoms with Gasteiger partial charge in [0, 0.05) is 13.2 Å². The molecule has 18 heavy (non-hydrogen) atoms. The molecular formula is C15H27NO2. The molecule has 0 aliphatic heterocycles. The molecule has 2 aliphatic carbocycles. The third kappa shape index (κ3) is 1.70. The largest absolute Gasteiger partial charge is 0.369 e. The summed E-state index contributed by atoms with van der Waals surface area (Å²) in [6.07, 6.45) is 3.65. The minimum atomic E-state index is -0.734. The van der Waals surface area contributed by atoms with Gasteiger partial charge in [0.1, 0.15) is 5.60 Å². The van der Waals surface area contributed by atoms with Gasteiger partial charge in [0.05, 0.1) is 0 Å². The number of hydrogen-bond donors (Lipinski definition) is 1. The lowest BCUT2D eigenvalue weighted by atomic mass is 9.69. The van der Waals surface area contributed by atoms with Crippen LogP contribution in [0.2, 0.25) is 0 Å². The van der Waals surface area contributed by atoms with Crippen molar-refractivity contribution in [3.63, 3.8) is 0 Å². The van der Waals surface area contributed by atoms with E-state index in [4.69, 9.17) is 4.74 Å². The van der Waals surface area contributed by atoms with E-state index in [0.29, 0.717) is 11.5 Å². The Morgan fingerprint density at radius 3 is 2.33 bits per heavy atom. The first-order chi connectivity index (χ1) is 8.15. The molecule has 0 saturated heterocycles. The zero-order valence-corrected chi connectivity index (χ0v) is 12.6. The van der Waals surface area contributed by atoms with Gasteiger partial charge in [-0.15, -0.1) is 0 Å². The lowest BCUT2D eigenvalue weighted by molar-refractivity contribution is -0.141. The molecule has 0 radical (unpaired) electrons. The normalized spacial score (nSPS) is 37.9. The van der Waals surface area contributed by atoms with E-state index in [1.54, 1.807) is 7.11 Å². The van der Waals surface area contributed by atoms with Crippen molar-refractivity contribution in [2.75, 3.05) is 7.11 Å². The third-order valence-corrected chi connectivity index (χ3v) is 6.16. The van der Waals surface area contributed by atoms with Gasteiger partial charge < -0.3 is 10.1 Å². The van der Waals surface area contributed by atoms with Gasteiger partial charge >= 0.3 is 0 Å². The second-order valence-corrected chi connectivity index (χ2v) is 7.35. The highest BCUT2D eigenvalue weighted by molar-refractivity contribution is 5.84. The highest BCUT2D eigenvalue weighted by Crippen LogP contribution is 2.65. The summed E-state index contributed by atoms with van der Waals surface area (Å²) in [5.41, 5.74) is -0.165. The van der Waals surface area contributed by atoms with Crippen LogP contribution in [0.4, 0.5) is 0 Å². The molecule has 3 heteroatoms. The number of hydrogen-bond acceptors (Lipinski definition) is 2. The van der Waals surface area contributed by atoms with Crippen LogP contribution in [-0.4, -0.2) is 24.7 Å². The SMILES string of the molecule is COC(C)(C)C(=O)NC1CC2CCC1(C)C2(C)C. The van der Waals surface area contributed by atoms with Gasteiger partial charge in [-0.05, 0) is 49.9 Å². The smallest absolute Gasteiger partial charge is 0.251 e.